The van der Waals surface area contributed by atoms with Crippen LogP contribution in [0.25, 0.3) is 130 Å². The summed E-state index contributed by atoms with van der Waals surface area (Å²) in [5, 5.41) is 101. The normalized spacial score (nSPS) is 7.76. The van der Waals surface area contributed by atoms with E-state index in [0.717, 1.165) is 22.3 Å². The molecule has 0 amide bonds. The van der Waals surface area contributed by atoms with Crippen LogP contribution < -0.4 is 20.4 Å². The summed E-state index contributed by atoms with van der Waals surface area (Å²) in [4.78, 5) is 14.8. The molecule has 0 atom stereocenters. The van der Waals surface area contributed by atoms with Crippen LogP contribution in [0, 0.1) is 0 Å². The number of hydrogen-bond acceptors (Lipinski definition) is 8. The molecular weight excluding hydrogens is 2050 g/mol. The van der Waals surface area contributed by atoms with Crippen LogP contribution in [-0.4, -0.2) is 245 Å². The summed E-state index contributed by atoms with van der Waals surface area (Å²) >= 11 is 0. The van der Waals surface area contributed by atoms with Gasteiger partial charge in [0.1, 0.15) is 0 Å². The first-order valence-electron chi connectivity index (χ1n) is 33.4. The monoisotopic (exact) mass is 2190 g/mol. The number of unbranched alkanes of at least 4 members (excludes halogenated alkanes) is 3. The van der Waals surface area contributed by atoms with Gasteiger partial charge in [-0.15, -0.1) is 0 Å². The SMILES string of the molecule is CCCCCC.C[N-]C.C[N-]C.C[N-]C.C[N-]C.C[N-]C.C[N-]C.C[N-]C.C[N-]C.C[N-]C.C[N-]C.C[N-]C.C[N-]C.C[N-]C.C[N-]C.C[N-]C.C[N-]C.[O-]c1ncccc1-c1ccccc1.[O-]c1ncccc1-c1ccccc1.[O-]c1ncccc1-c1ccccc1.[O-]c1ncccc1-c1ccccc1.[Ta+5].[Ta+5].[Ta+5].[Ta+5]. The fourth-order valence-electron chi connectivity index (χ4n) is 5.41. The first-order valence-corrected chi connectivity index (χ1v) is 33.4. The molecule has 4 aromatic carbocycles. The van der Waals surface area contributed by atoms with Gasteiger partial charge in [-0.1, -0.05) is 185 Å². The number of hydrogen-bond donors (Lipinski definition) is 0. The molecule has 614 valence electrons. The van der Waals surface area contributed by atoms with Crippen molar-refractivity contribution in [3.8, 4) is 68.0 Å². The standard InChI is InChI=1S/4C11H9NO.C6H14.16C2H6N.4Ta/c4*13-11-10(7-4-8-12-11)9-5-2-1-3-6-9;1-3-5-6-4-2;16*1-3-2;;;;/h4*1-8H,(H,12,13);3-6H2,1-2H3;16*1-2H3;;;;/q;;;;;16*-1;4*+5/p-4. The smallest absolute Gasteiger partial charge is 0.858 e. The molecule has 8 aromatic rings. The number of nitrogens with zero attached hydrogens (tertiary/aromatic N) is 20. The summed E-state index contributed by atoms with van der Waals surface area (Å²) < 4.78 is 0. The Morgan fingerprint density at radius 2 is 0.300 bits per heavy atom. The van der Waals surface area contributed by atoms with E-state index in [1.54, 1.807) is 274 Å². The van der Waals surface area contributed by atoms with Gasteiger partial charge in [0.25, 0.3) is 0 Å². The summed E-state index contributed by atoms with van der Waals surface area (Å²) in [6.07, 6.45) is 11.6. The molecule has 0 fully saturated rings. The molecule has 0 saturated heterocycles. The Balaban J connectivity index is -0.0000000573. The molecule has 0 spiro atoms. The van der Waals surface area contributed by atoms with Crippen molar-refractivity contribution in [2.24, 2.45) is 0 Å². The predicted molar refractivity (Wildman–Crippen MR) is 470 cm³/mol. The second kappa shape index (κ2) is 146. The van der Waals surface area contributed by atoms with E-state index in [-0.39, 0.29) is 113 Å². The minimum Gasteiger partial charge on any atom is -0.858 e. The van der Waals surface area contributed by atoms with E-state index in [9.17, 15) is 20.4 Å². The molecule has 0 N–H and O–H groups in total. The number of pyridine rings is 4. The molecule has 0 aliphatic heterocycles. The van der Waals surface area contributed by atoms with Gasteiger partial charge >= 0.3 is 89.5 Å². The van der Waals surface area contributed by atoms with Crippen molar-refractivity contribution in [3.63, 3.8) is 0 Å². The predicted octanol–water partition coefficient (Wildman–Crippen LogP) is 19.8. The summed E-state index contributed by atoms with van der Waals surface area (Å²) in [6.45, 7) is 4.46. The van der Waals surface area contributed by atoms with Gasteiger partial charge in [0.05, 0.1) is 0 Å². The molecule has 0 saturated carbocycles. The molecule has 4 aromatic heterocycles. The van der Waals surface area contributed by atoms with Gasteiger partial charge in [-0.05, 0) is 92.3 Å². The van der Waals surface area contributed by atoms with Crippen LogP contribution in [0.5, 0.6) is 23.5 Å². The topological polar surface area (TPSA) is 369 Å². The molecule has 0 unspecified atom stereocenters. The fraction of sp³-hybridized carbons (Fsp3) is 0.463. The summed E-state index contributed by atoms with van der Waals surface area (Å²) in [5.74, 6) is -0.690. The van der Waals surface area contributed by atoms with Gasteiger partial charge in [-0.25, -0.2) is 0 Å². The van der Waals surface area contributed by atoms with Gasteiger partial charge in [0.2, 0.25) is 0 Å². The molecule has 0 bridgehead atoms. The third-order valence-corrected chi connectivity index (χ3v) is 8.38. The summed E-state index contributed by atoms with van der Waals surface area (Å²) in [7, 11) is 56.0. The first kappa shape index (κ1) is 147. The Bertz CT molecular complexity index is 2280. The molecular formula is C82H142N20O4Ta4. The van der Waals surface area contributed by atoms with E-state index in [1.807, 2.05) is 121 Å². The van der Waals surface area contributed by atoms with Crippen molar-refractivity contribution in [2.45, 2.75) is 39.5 Å². The Morgan fingerprint density at radius 1 is 0.191 bits per heavy atom. The molecule has 0 radical (unpaired) electrons. The average molecular weight is 2200 g/mol. The molecule has 4 heterocycles. The second-order valence-electron chi connectivity index (χ2n) is 19.8. The second-order valence-corrected chi connectivity index (χ2v) is 19.8. The van der Waals surface area contributed by atoms with Crippen molar-refractivity contribution < 1.29 is 110 Å². The zero-order valence-electron chi connectivity index (χ0n) is 73.7. The quantitative estimate of drug-likeness (QED) is 0.138. The summed E-state index contributed by atoms with van der Waals surface area (Å²) in [5.41, 5.74) is 6.29. The maximum Gasteiger partial charge on any atom is 5.00 e. The summed E-state index contributed by atoms with van der Waals surface area (Å²) in [6, 6.07) is 52.3. The molecule has 110 heavy (non-hydrogen) atoms. The van der Waals surface area contributed by atoms with E-state index < -0.39 is 0 Å². The van der Waals surface area contributed by atoms with Crippen LogP contribution in [-0.2, 0) is 89.5 Å². The minimum atomic E-state index is -0.172. The zero-order valence-corrected chi connectivity index (χ0v) is 86.5. The van der Waals surface area contributed by atoms with Crippen LogP contribution >= 0.6 is 0 Å². The van der Waals surface area contributed by atoms with Gasteiger partial charge in [-0.3, -0.25) is 19.9 Å². The van der Waals surface area contributed by atoms with Gasteiger partial charge < -0.3 is 105 Å². The first-order chi connectivity index (χ1) is 51.0. The van der Waals surface area contributed by atoms with E-state index in [4.69, 9.17) is 0 Å². The van der Waals surface area contributed by atoms with Crippen LogP contribution in [0.2, 0.25) is 0 Å². The number of rotatable bonds is 7. The van der Waals surface area contributed by atoms with Crippen molar-refractivity contribution in [3.05, 3.63) is 280 Å². The van der Waals surface area contributed by atoms with E-state index in [2.05, 4.69) is 119 Å². The van der Waals surface area contributed by atoms with Crippen molar-refractivity contribution >= 4 is 0 Å². The Labute approximate surface area is 736 Å². The van der Waals surface area contributed by atoms with E-state index in [0.29, 0.717) is 22.3 Å². The Kier molecular flexibility index (Phi) is 194. The Hall–Kier alpha value is -5.00. The van der Waals surface area contributed by atoms with Crippen LogP contribution in [0.4, 0.5) is 0 Å². The Morgan fingerprint density at radius 3 is 0.391 bits per heavy atom. The van der Waals surface area contributed by atoms with Gasteiger partial charge in [0, 0.05) is 24.8 Å². The maximum absolute atomic E-state index is 11.3. The van der Waals surface area contributed by atoms with Crippen molar-refractivity contribution in [2.75, 3.05) is 226 Å². The molecule has 0 aliphatic carbocycles. The molecule has 0 aliphatic rings. The van der Waals surface area contributed by atoms with Crippen LogP contribution in [0.1, 0.15) is 39.5 Å². The zero-order chi connectivity index (χ0) is 84.5. The van der Waals surface area contributed by atoms with E-state index >= 15 is 0 Å². The fourth-order valence-corrected chi connectivity index (χ4v) is 5.41. The van der Waals surface area contributed by atoms with E-state index in [1.165, 1.54) is 50.5 Å². The molecule has 28 heteroatoms. The van der Waals surface area contributed by atoms with Gasteiger partial charge in [0.15, 0.2) is 0 Å². The maximum atomic E-state index is 11.3. The van der Waals surface area contributed by atoms with Gasteiger partial charge in [-0.2, -0.15) is 226 Å². The third kappa shape index (κ3) is 132. The van der Waals surface area contributed by atoms with Crippen LogP contribution in [0.15, 0.2) is 195 Å². The number of benzene rings is 4. The van der Waals surface area contributed by atoms with Crippen molar-refractivity contribution in [1.82, 2.24) is 19.9 Å². The number of aromatic nitrogens is 4. The molecule has 24 nitrogen and oxygen atoms in total. The average Bonchev–Trinajstić information content (AvgIpc) is 0.889. The largest absolute Gasteiger partial charge is 5.00 e. The van der Waals surface area contributed by atoms with Crippen LogP contribution in [0.3, 0.4) is 0 Å². The van der Waals surface area contributed by atoms with Crippen molar-refractivity contribution in [1.29, 1.82) is 0 Å². The third-order valence-electron chi connectivity index (χ3n) is 8.38. The molecule has 8 rings (SSSR count). The minimum absolute atomic E-state index is 0.